The first-order valence-electron chi connectivity index (χ1n) is 10.8. The van der Waals surface area contributed by atoms with Crippen molar-refractivity contribution in [3.63, 3.8) is 0 Å². The topological polar surface area (TPSA) is 98.8 Å². The molecule has 1 saturated heterocycles. The fourth-order valence-corrected chi connectivity index (χ4v) is 4.47. The summed E-state index contributed by atoms with van der Waals surface area (Å²) in [5.41, 5.74) is 1.69. The monoisotopic (exact) mass is 443 g/mol. The Morgan fingerprint density at radius 1 is 1.31 bits per heavy atom. The van der Waals surface area contributed by atoms with E-state index >= 15 is 0 Å². The highest BCUT2D eigenvalue weighted by atomic mass is 19.3. The van der Waals surface area contributed by atoms with E-state index in [9.17, 15) is 13.6 Å². The molecule has 3 N–H and O–H groups in total. The number of fused-ring (bicyclic) bond motifs is 1. The fraction of sp³-hybridized carbons (Fsp3) is 0.455. The summed E-state index contributed by atoms with van der Waals surface area (Å²) in [5.74, 6) is 0.812. The van der Waals surface area contributed by atoms with Gasteiger partial charge in [0.25, 0.3) is 5.91 Å². The molecule has 0 bridgehead atoms. The second kappa shape index (κ2) is 9.05. The van der Waals surface area contributed by atoms with E-state index in [4.69, 9.17) is 4.98 Å². The van der Waals surface area contributed by atoms with Gasteiger partial charge in [-0.15, -0.1) is 0 Å². The third-order valence-corrected chi connectivity index (χ3v) is 5.87. The van der Waals surface area contributed by atoms with Crippen LogP contribution in [0.25, 0.3) is 10.9 Å². The minimum absolute atomic E-state index is 0.0181. The lowest BCUT2D eigenvalue weighted by molar-refractivity contribution is -0.150. The summed E-state index contributed by atoms with van der Waals surface area (Å²) in [7, 11) is 0. The third-order valence-electron chi connectivity index (χ3n) is 5.87. The number of amides is 1. The van der Waals surface area contributed by atoms with E-state index in [0.717, 1.165) is 16.6 Å². The van der Waals surface area contributed by atoms with Crippen molar-refractivity contribution in [1.29, 1.82) is 0 Å². The van der Waals surface area contributed by atoms with Gasteiger partial charge in [-0.05, 0) is 45.2 Å². The molecule has 8 nitrogen and oxygen atoms in total. The Bertz CT molecular complexity index is 1100. The van der Waals surface area contributed by atoms with Crippen LogP contribution in [0.3, 0.4) is 0 Å². The van der Waals surface area contributed by atoms with Gasteiger partial charge in [0.05, 0.1) is 5.52 Å². The first kappa shape index (κ1) is 21.9. The Morgan fingerprint density at radius 3 is 2.81 bits per heavy atom. The predicted molar refractivity (Wildman–Crippen MR) is 119 cm³/mol. The number of likely N-dealkylation sites (tertiary alicyclic amines) is 1. The standard InChI is InChI=1S/C22H27F2N7O/c1-4-15-10-14(9-13(3)31(15)22(32)20(23)24)26-21-16-6-5-7-25-17(16)11-18(28-21)27-19-8-12(2)29-30-19/h5-8,11,13-15,20H,4,9-10H2,1-3H3,(H3,26,27,28,29,30)/t13-,14?,15+/m0/s1. The van der Waals surface area contributed by atoms with Crippen LogP contribution < -0.4 is 10.6 Å². The van der Waals surface area contributed by atoms with Crippen LogP contribution in [0.2, 0.25) is 0 Å². The van der Waals surface area contributed by atoms with Crippen molar-refractivity contribution < 1.29 is 13.6 Å². The first-order chi connectivity index (χ1) is 15.4. The molecule has 0 aliphatic carbocycles. The molecule has 1 aliphatic heterocycles. The molecule has 0 spiro atoms. The number of aromatic amines is 1. The van der Waals surface area contributed by atoms with Gasteiger partial charge in [0.1, 0.15) is 11.6 Å². The average Bonchev–Trinajstić information content (AvgIpc) is 3.17. The number of nitrogens with one attached hydrogen (secondary N) is 3. The Morgan fingerprint density at radius 2 is 2.12 bits per heavy atom. The summed E-state index contributed by atoms with van der Waals surface area (Å²) < 4.78 is 26.2. The molecule has 0 saturated carbocycles. The lowest BCUT2D eigenvalue weighted by atomic mass is 9.90. The van der Waals surface area contributed by atoms with Crippen molar-refractivity contribution in [2.24, 2.45) is 0 Å². The summed E-state index contributed by atoms with van der Waals surface area (Å²) in [5, 5.41) is 14.6. The number of alkyl halides is 2. The molecule has 1 amide bonds. The van der Waals surface area contributed by atoms with Crippen LogP contribution in [0.15, 0.2) is 30.5 Å². The van der Waals surface area contributed by atoms with Crippen molar-refractivity contribution >= 4 is 34.3 Å². The second-order valence-corrected chi connectivity index (χ2v) is 8.26. The zero-order valence-electron chi connectivity index (χ0n) is 18.3. The molecule has 1 unspecified atom stereocenters. The Hall–Kier alpha value is -3.30. The number of pyridine rings is 2. The Kier molecular flexibility index (Phi) is 6.20. The normalized spacial score (nSPS) is 21.2. The number of piperidine rings is 1. The predicted octanol–water partition coefficient (Wildman–Crippen LogP) is 4.24. The van der Waals surface area contributed by atoms with E-state index in [-0.39, 0.29) is 18.1 Å². The number of carbonyl (C=O) groups is 1. The van der Waals surface area contributed by atoms with Crippen molar-refractivity contribution in [3.8, 4) is 0 Å². The van der Waals surface area contributed by atoms with Crippen LogP contribution in [0.1, 0.15) is 38.8 Å². The van der Waals surface area contributed by atoms with E-state index in [2.05, 4.69) is 25.8 Å². The summed E-state index contributed by atoms with van der Waals surface area (Å²) >= 11 is 0. The molecule has 1 fully saturated rings. The van der Waals surface area contributed by atoms with Gasteiger partial charge in [0, 0.05) is 47.5 Å². The largest absolute Gasteiger partial charge is 0.367 e. The molecule has 4 heterocycles. The average molecular weight is 444 g/mol. The van der Waals surface area contributed by atoms with Crippen molar-refractivity contribution in [3.05, 3.63) is 36.2 Å². The molecular weight excluding hydrogens is 416 g/mol. The van der Waals surface area contributed by atoms with Crippen LogP contribution in [-0.2, 0) is 4.79 Å². The first-order valence-corrected chi connectivity index (χ1v) is 10.8. The van der Waals surface area contributed by atoms with Crippen LogP contribution >= 0.6 is 0 Å². The van der Waals surface area contributed by atoms with Crippen molar-refractivity contribution in [2.75, 3.05) is 10.6 Å². The molecule has 10 heteroatoms. The molecule has 4 rings (SSSR count). The highest BCUT2D eigenvalue weighted by Gasteiger charge is 2.38. The summed E-state index contributed by atoms with van der Waals surface area (Å²) in [4.78, 5) is 22.6. The van der Waals surface area contributed by atoms with E-state index in [0.29, 0.717) is 36.7 Å². The van der Waals surface area contributed by atoms with Gasteiger partial charge in [-0.2, -0.15) is 13.9 Å². The van der Waals surface area contributed by atoms with Gasteiger partial charge in [-0.1, -0.05) is 6.92 Å². The summed E-state index contributed by atoms with van der Waals surface area (Å²) in [6.07, 6.45) is 0.462. The van der Waals surface area contributed by atoms with Gasteiger partial charge in [-0.25, -0.2) is 4.98 Å². The maximum absolute atomic E-state index is 13.1. The Labute approximate surface area is 184 Å². The molecule has 1 aliphatic rings. The lowest BCUT2D eigenvalue weighted by Crippen LogP contribution is -2.55. The van der Waals surface area contributed by atoms with Crippen LogP contribution in [0.5, 0.6) is 0 Å². The van der Waals surface area contributed by atoms with E-state index < -0.39 is 12.3 Å². The minimum atomic E-state index is -2.99. The van der Waals surface area contributed by atoms with E-state index in [1.165, 1.54) is 4.90 Å². The van der Waals surface area contributed by atoms with Crippen molar-refractivity contribution in [1.82, 2.24) is 25.1 Å². The van der Waals surface area contributed by atoms with Crippen LogP contribution in [0.4, 0.5) is 26.2 Å². The maximum Gasteiger partial charge on any atom is 0.315 e. The maximum atomic E-state index is 13.1. The van der Waals surface area contributed by atoms with E-state index in [1.807, 2.05) is 45.0 Å². The zero-order valence-corrected chi connectivity index (χ0v) is 18.3. The minimum Gasteiger partial charge on any atom is -0.367 e. The SMILES string of the molecule is CC[C@@H]1CC(Nc2nc(Nc3cc(C)[nH]n3)cc3ncccc23)C[C@H](C)N1C(=O)C(F)F. The molecule has 3 atom stereocenters. The van der Waals surface area contributed by atoms with Crippen LogP contribution in [-0.4, -0.2) is 55.5 Å². The van der Waals surface area contributed by atoms with Gasteiger partial charge in [-0.3, -0.25) is 14.9 Å². The quantitative estimate of drug-likeness (QED) is 0.527. The fourth-order valence-electron chi connectivity index (χ4n) is 4.47. The number of rotatable bonds is 6. The number of H-pyrrole nitrogens is 1. The lowest BCUT2D eigenvalue weighted by Gasteiger charge is -2.44. The number of hydrogen-bond donors (Lipinski definition) is 3. The smallest absolute Gasteiger partial charge is 0.315 e. The number of carbonyl (C=O) groups excluding carboxylic acids is 1. The third kappa shape index (κ3) is 4.49. The van der Waals surface area contributed by atoms with Gasteiger partial charge in [0.15, 0.2) is 5.82 Å². The molecule has 170 valence electrons. The number of aromatic nitrogens is 4. The molecule has 32 heavy (non-hydrogen) atoms. The van der Waals surface area contributed by atoms with Gasteiger partial charge < -0.3 is 15.5 Å². The van der Waals surface area contributed by atoms with E-state index in [1.54, 1.807) is 6.20 Å². The number of aryl methyl sites for hydroxylation is 1. The molecule has 0 radical (unpaired) electrons. The molecule has 3 aromatic rings. The zero-order chi connectivity index (χ0) is 22.8. The number of halogens is 2. The number of nitrogens with zero attached hydrogens (tertiary/aromatic N) is 4. The molecule has 0 aromatic carbocycles. The number of hydrogen-bond acceptors (Lipinski definition) is 6. The molecule has 3 aromatic heterocycles. The highest BCUT2D eigenvalue weighted by molar-refractivity contribution is 5.91. The highest BCUT2D eigenvalue weighted by Crippen LogP contribution is 2.31. The Balaban J connectivity index is 1.60. The second-order valence-electron chi connectivity index (χ2n) is 8.26. The van der Waals surface area contributed by atoms with Gasteiger partial charge in [0.2, 0.25) is 0 Å². The van der Waals surface area contributed by atoms with Crippen LogP contribution in [0, 0.1) is 6.92 Å². The number of anilines is 3. The van der Waals surface area contributed by atoms with Crippen molar-refractivity contribution in [2.45, 2.75) is 64.6 Å². The molecular formula is C22H27F2N7O. The van der Waals surface area contributed by atoms with Gasteiger partial charge >= 0.3 is 6.43 Å². The summed E-state index contributed by atoms with van der Waals surface area (Å²) in [6.45, 7) is 5.65. The summed E-state index contributed by atoms with van der Waals surface area (Å²) in [6, 6.07) is 6.94.